The second-order valence-corrected chi connectivity index (χ2v) is 7.43. The summed E-state index contributed by atoms with van der Waals surface area (Å²) in [6.07, 6.45) is 1.84. The molecule has 1 aliphatic rings. The first-order chi connectivity index (χ1) is 14.7. The molecule has 1 aliphatic heterocycles. The highest BCUT2D eigenvalue weighted by Gasteiger charge is 2.23. The number of nitrogens with zero attached hydrogens (tertiary/aromatic N) is 4. The molecule has 0 radical (unpaired) electrons. The van der Waals surface area contributed by atoms with Gasteiger partial charge in [-0.1, -0.05) is 30.3 Å². The number of benzene rings is 2. The Bertz CT molecular complexity index is 1070. The monoisotopic (exact) mass is 404 g/mol. The number of aliphatic imine (C=N–C) groups is 1. The van der Waals surface area contributed by atoms with Gasteiger partial charge in [-0.05, 0) is 43.5 Å². The molecule has 3 aromatic rings. The third kappa shape index (κ3) is 4.15. The SMILES string of the molecule is CN=C(NCCCn1c(C)nc2ccccc21)NCC(=O)N1CCc2ccccc21. The number of anilines is 1. The molecule has 4 rings (SSSR count). The van der Waals surface area contributed by atoms with Gasteiger partial charge in [0.05, 0.1) is 17.6 Å². The van der Waals surface area contributed by atoms with Gasteiger partial charge in [-0.15, -0.1) is 0 Å². The fraction of sp³-hybridized carbons (Fsp3) is 0.348. The highest BCUT2D eigenvalue weighted by Crippen LogP contribution is 2.27. The van der Waals surface area contributed by atoms with E-state index in [4.69, 9.17) is 0 Å². The number of imidazole rings is 1. The van der Waals surface area contributed by atoms with Crippen molar-refractivity contribution in [2.45, 2.75) is 26.3 Å². The van der Waals surface area contributed by atoms with E-state index >= 15 is 0 Å². The Hall–Kier alpha value is -3.35. The second-order valence-electron chi connectivity index (χ2n) is 7.43. The zero-order valence-electron chi connectivity index (χ0n) is 17.6. The van der Waals surface area contributed by atoms with Crippen LogP contribution in [0.15, 0.2) is 53.5 Å². The summed E-state index contributed by atoms with van der Waals surface area (Å²) in [4.78, 5) is 23.3. The van der Waals surface area contributed by atoms with Crippen LogP contribution in [0.25, 0.3) is 11.0 Å². The average Bonchev–Trinajstić information content (AvgIpc) is 3.34. The van der Waals surface area contributed by atoms with Crippen LogP contribution in [0.4, 0.5) is 5.69 Å². The zero-order chi connectivity index (χ0) is 20.9. The largest absolute Gasteiger partial charge is 0.356 e. The molecule has 0 saturated carbocycles. The number of fused-ring (bicyclic) bond motifs is 2. The van der Waals surface area contributed by atoms with Gasteiger partial charge in [0, 0.05) is 32.4 Å². The van der Waals surface area contributed by atoms with Crippen LogP contribution >= 0.6 is 0 Å². The molecule has 30 heavy (non-hydrogen) atoms. The van der Waals surface area contributed by atoms with Crippen molar-refractivity contribution < 1.29 is 4.79 Å². The first-order valence-corrected chi connectivity index (χ1v) is 10.4. The van der Waals surface area contributed by atoms with Gasteiger partial charge < -0.3 is 20.1 Å². The predicted molar refractivity (Wildman–Crippen MR) is 121 cm³/mol. The van der Waals surface area contributed by atoms with Gasteiger partial charge in [-0.3, -0.25) is 9.79 Å². The van der Waals surface area contributed by atoms with Crippen molar-refractivity contribution >= 4 is 28.6 Å². The van der Waals surface area contributed by atoms with Crippen LogP contribution in [0.2, 0.25) is 0 Å². The third-order valence-corrected chi connectivity index (χ3v) is 5.52. The normalized spacial score (nSPS) is 13.5. The molecular weight excluding hydrogens is 376 g/mol. The Morgan fingerprint density at radius 1 is 1.13 bits per heavy atom. The van der Waals surface area contributed by atoms with Crippen LogP contribution in [-0.2, 0) is 17.8 Å². The maximum atomic E-state index is 12.6. The summed E-state index contributed by atoms with van der Waals surface area (Å²) in [5.74, 6) is 1.72. The number of amides is 1. The van der Waals surface area contributed by atoms with E-state index in [2.05, 4.69) is 37.3 Å². The molecule has 156 valence electrons. The maximum Gasteiger partial charge on any atom is 0.246 e. The third-order valence-electron chi connectivity index (χ3n) is 5.52. The van der Waals surface area contributed by atoms with Crippen molar-refractivity contribution in [3.8, 4) is 0 Å². The molecule has 7 heteroatoms. The number of carbonyl (C=O) groups is 1. The lowest BCUT2D eigenvalue weighted by Crippen LogP contribution is -2.44. The minimum atomic E-state index is 0.0587. The van der Waals surface area contributed by atoms with Crippen molar-refractivity contribution in [2.75, 3.05) is 31.6 Å². The van der Waals surface area contributed by atoms with Crippen LogP contribution in [0.5, 0.6) is 0 Å². The average molecular weight is 405 g/mol. The van der Waals surface area contributed by atoms with Crippen LogP contribution in [0.1, 0.15) is 17.8 Å². The lowest BCUT2D eigenvalue weighted by Gasteiger charge is -2.19. The van der Waals surface area contributed by atoms with Gasteiger partial charge in [0.1, 0.15) is 5.82 Å². The molecule has 0 aliphatic carbocycles. The number of rotatable bonds is 6. The number of hydrogen-bond donors (Lipinski definition) is 2. The second kappa shape index (κ2) is 8.98. The zero-order valence-corrected chi connectivity index (χ0v) is 17.6. The van der Waals surface area contributed by atoms with Gasteiger partial charge in [0.2, 0.25) is 5.91 Å². The minimum absolute atomic E-state index is 0.0587. The number of guanidine groups is 1. The quantitative estimate of drug-likeness (QED) is 0.376. The summed E-state index contributed by atoms with van der Waals surface area (Å²) in [7, 11) is 1.72. The van der Waals surface area contributed by atoms with Crippen molar-refractivity contribution in [3.63, 3.8) is 0 Å². The van der Waals surface area contributed by atoms with E-state index < -0.39 is 0 Å². The topological polar surface area (TPSA) is 74.5 Å². The van der Waals surface area contributed by atoms with E-state index in [0.29, 0.717) is 5.96 Å². The lowest BCUT2D eigenvalue weighted by atomic mass is 10.2. The summed E-state index contributed by atoms with van der Waals surface area (Å²) < 4.78 is 2.24. The minimum Gasteiger partial charge on any atom is -0.356 e. The predicted octanol–water partition coefficient (Wildman–Crippen LogP) is 2.49. The number of para-hydroxylation sites is 3. The summed E-state index contributed by atoms with van der Waals surface area (Å²) in [5.41, 5.74) is 4.45. The Morgan fingerprint density at radius 2 is 1.93 bits per heavy atom. The smallest absolute Gasteiger partial charge is 0.246 e. The van der Waals surface area contributed by atoms with E-state index in [9.17, 15) is 4.79 Å². The molecule has 0 spiro atoms. The van der Waals surface area contributed by atoms with Crippen LogP contribution in [0.3, 0.4) is 0 Å². The molecule has 1 aromatic heterocycles. The maximum absolute atomic E-state index is 12.6. The molecule has 2 N–H and O–H groups in total. The van der Waals surface area contributed by atoms with Crippen LogP contribution in [0, 0.1) is 6.92 Å². The molecule has 0 bridgehead atoms. The van der Waals surface area contributed by atoms with Crippen molar-refractivity contribution in [1.29, 1.82) is 0 Å². The Morgan fingerprint density at radius 3 is 2.80 bits per heavy atom. The van der Waals surface area contributed by atoms with Gasteiger partial charge >= 0.3 is 0 Å². The summed E-state index contributed by atoms with van der Waals surface area (Å²) in [5, 5.41) is 6.44. The van der Waals surface area contributed by atoms with E-state index in [1.165, 1.54) is 5.56 Å². The molecule has 0 fully saturated rings. The number of aromatic nitrogens is 2. The number of hydrogen-bond acceptors (Lipinski definition) is 3. The molecule has 1 amide bonds. The summed E-state index contributed by atoms with van der Waals surface area (Å²) in [6.45, 7) is 4.63. The summed E-state index contributed by atoms with van der Waals surface area (Å²) in [6, 6.07) is 16.3. The van der Waals surface area contributed by atoms with E-state index in [1.54, 1.807) is 7.05 Å². The first-order valence-electron chi connectivity index (χ1n) is 10.4. The first kappa shape index (κ1) is 19.9. The highest BCUT2D eigenvalue weighted by atomic mass is 16.2. The standard InChI is InChI=1S/C23H28N6O/c1-17-27-19-9-4-6-11-21(19)28(17)14-7-13-25-23(24-2)26-16-22(30)29-15-12-18-8-3-5-10-20(18)29/h3-6,8-11H,7,12-16H2,1-2H3,(H2,24,25,26). The highest BCUT2D eigenvalue weighted by molar-refractivity contribution is 5.98. The fourth-order valence-electron chi connectivity index (χ4n) is 3.99. The van der Waals surface area contributed by atoms with Crippen molar-refractivity contribution in [3.05, 3.63) is 59.9 Å². The van der Waals surface area contributed by atoms with Gasteiger partial charge in [-0.25, -0.2) is 4.98 Å². The van der Waals surface area contributed by atoms with Gasteiger partial charge in [0.15, 0.2) is 5.96 Å². The number of aryl methyl sites for hydroxylation is 2. The molecule has 7 nitrogen and oxygen atoms in total. The van der Waals surface area contributed by atoms with Gasteiger partial charge in [0.25, 0.3) is 0 Å². The van der Waals surface area contributed by atoms with Crippen LogP contribution in [-0.4, -0.2) is 48.1 Å². The summed E-state index contributed by atoms with van der Waals surface area (Å²) >= 11 is 0. The Kier molecular flexibility index (Phi) is 5.97. The molecule has 2 aromatic carbocycles. The van der Waals surface area contributed by atoms with Crippen molar-refractivity contribution in [2.24, 2.45) is 4.99 Å². The van der Waals surface area contributed by atoms with E-state index in [1.807, 2.05) is 48.2 Å². The van der Waals surface area contributed by atoms with E-state index in [0.717, 1.165) is 55.0 Å². The number of carbonyl (C=O) groups excluding carboxylic acids is 1. The fourth-order valence-corrected chi connectivity index (χ4v) is 3.99. The lowest BCUT2D eigenvalue weighted by molar-refractivity contribution is -0.117. The molecular formula is C23H28N6O. The Balaban J connectivity index is 1.25. The molecule has 2 heterocycles. The van der Waals surface area contributed by atoms with Crippen LogP contribution < -0.4 is 15.5 Å². The Labute approximate surface area is 176 Å². The molecule has 0 atom stereocenters. The van der Waals surface area contributed by atoms with Crippen molar-refractivity contribution in [1.82, 2.24) is 20.2 Å². The molecule has 0 unspecified atom stereocenters. The number of nitrogens with one attached hydrogen (secondary N) is 2. The van der Waals surface area contributed by atoms with E-state index in [-0.39, 0.29) is 12.5 Å². The molecule has 0 saturated heterocycles. The van der Waals surface area contributed by atoms with Gasteiger partial charge in [-0.2, -0.15) is 0 Å².